The Labute approximate surface area is 90.4 Å². The molecule has 90 valence electrons. The number of esters is 1. The molecule has 0 saturated heterocycles. The third-order valence-electron chi connectivity index (χ3n) is 2.39. The first-order valence-electron chi connectivity index (χ1n) is 4.86. The van der Waals surface area contributed by atoms with Crippen LogP contribution in [0.5, 0.6) is 0 Å². The van der Waals surface area contributed by atoms with Gasteiger partial charge in [-0.05, 0) is 20.8 Å². The molecule has 3 N–H and O–H groups in total. The topological polar surface area (TPSA) is 78.8 Å². The van der Waals surface area contributed by atoms with Crippen LogP contribution in [0.4, 0.5) is 0 Å². The van der Waals surface area contributed by atoms with Gasteiger partial charge in [-0.2, -0.15) is 0 Å². The van der Waals surface area contributed by atoms with Crippen molar-refractivity contribution in [3.05, 3.63) is 0 Å². The molecule has 0 atom stereocenters. The summed E-state index contributed by atoms with van der Waals surface area (Å²) < 4.78 is 4.64. The average molecular weight is 219 g/mol. The summed E-state index contributed by atoms with van der Waals surface area (Å²) in [6, 6.07) is 0. The van der Waals surface area contributed by atoms with Crippen molar-refractivity contribution in [3.8, 4) is 0 Å². The lowest BCUT2D eigenvalue weighted by Gasteiger charge is -2.31. The second-order valence-corrected chi connectivity index (χ2v) is 4.61. The Morgan fingerprint density at radius 2 is 1.73 bits per heavy atom. The summed E-state index contributed by atoms with van der Waals surface area (Å²) in [5.74, 6) is -0.326. The largest absolute Gasteiger partial charge is 0.469 e. The minimum Gasteiger partial charge on any atom is -0.469 e. The number of carbonyl (C=O) groups excluding carboxylic acids is 1. The molecule has 0 aliphatic carbocycles. The van der Waals surface area contributed by atoms with Crippen molar-refractivity contribution in [2.75, 3.05) is 26.9 Å². The summed E-state index contributed by atoms with van der Waals surface area (Å²) in [7, 11) is 1.33. The normalized spacial score (nSPS) is 12.7. The molecule has 0 fully saturated rings. The van der Waals surface area contributed by atoms with Crippen LogP contribution in [0.25, 0.3) is 0 Å². The van der Waals surface area contributed by atoms with Crippen molar-refractivity contribution in [3.63, 3.8) is 0 Å². The summed E-state index contributed by atoms with van der Waals surface area (Å²) in [6.07, 6.45) is 0. The molecule has 0 bridgehead atoms. The van der Waals surface area contributed by atoms with E-state index in [0.717, 1.165) is 0 Å². The Hall–Kier alpha value is -0.650. The predicted octanol–water partition coefficient (Wildman–Crippen LogP) is -0.481. The van der Waals surface area contributed by atoms with E-state index >= 15 is 0 Å². The lowest BCUT2D eigenvalue weighted by atomic mass is 9.92. The molecule has 0 rings (SSSR count). The minimum absolute atomic E-state index is 0.194. The molecule has 0 heterocycles. The Bertz CT molecular complexity index is 211. The standard InChI is InChI=1S/C10H21NO4/c1-9(2,8(14)15-4)5-11-10(3,6-12)7-13/h11-13H,5-7H2,1-4H3. The fraction of sp³-hybridized carbons (Fsp3) is 0.900. The van der Waals surface area contributed by atoms with Crippen molar-refractivity contribution in [2.45, 2.75) is 26.3 Å². The van der Waals surface area contributed by atoms with Gasteiger partial charge in [0.05, 0.1) is 31.3 Å². The molecule has 0 radical (unpaired) electrons. The lowest BCUT2D eigenvalue weighted by Crippen LogP contribution is -2.53. The van der Waals surface area contributed by atoms with Crippen LogP contribution in [-0.2, 0) is 9.53 Å². The van der Waals surface area contributed by atoms with E-state index in [1.807, 2.05) is 0 Å². The van der Waals surface area contributed by atoms with E-state index in [1.54, 1.807) is 20.8 Å². The van der Waals surface area contributed by atoms with Crippen molar-refractivity contribution >= 4 is 5.97 Å². The zero-order chi connectivity index (χ0) is 12.1. The number of hydrogen-bond donors (Lipinski definition) is 3. The predicted molar refractivity (Wildman–Crippen MR) is 56.4 cm³/mol. The number of nitrogens with one attached hydrogen (secondary N) is 1. The van der Waals surface area contributed by atoms with Crippen LogP contribution < -0.4 is 5.32 Å². The second kappa shape index (κ2) is 5.44. The van der Waals surface area contributed by atoms with E-state index in [9.17, 15) is 4.79 Å². The Morgan fingerprint density at radius 1 is 1.27 bits per heavy atom. The molecule has 0 aromatic carbocycles. The van der Waals surface area contributed by atoms with Gasteiger partial charge in [-0.15, -0.1) is 0 Å². The van der Waals surface area contributed by atoms with Gasteiger partial charge in [-0.1, -0.05) is 0 Å². The summed E-state index contributed by atoms with van der Waals surface area (Å²) >= 11 is 0. The van der Waals surface area contributed by atoms with Crippen molar-refractivity contribution in [1.29, 1.82) is 0 Å². The number of aliphatic hydroxyl groups excluding tert-OH is 2. The van der Waals surface area contributed by atoms with Crippen LogP contribution in [-0.4, -0.2) is 48.6 Å². The van der Waals surface area contributed by atoms with Crippen molar-refractivity contribution in [1.82, 2.24) is 5.32 Å². The van der Waals surface area contributed by atoms with Gasteiger partial charge in [0.15, 0.2) is 0 Å². The summed E-state index contributed by atoms with van der Waals surface area (Å²) in [5, 5.41) is 21.0. The lowest BCUT2D eigenvalue weighted by molar-refractivity contribution is -0.150. The average Bonchev–Trinajstić information content (AvgIpc) is 2.24. The smallest absolute Gasteiger partial charge is 0.312 e. The maximum absolute atomic E-state index is 11.3. The van der Waals surface area contributed by atoms with Gasteiger partial charge >= 0.3 is 5.97 Å². The van der Waals surface area contributed by atoms with Gasteiger partial charge < -0.3 is 20.3 Å². The first-order chi connectivity index (χ1) is 6.81. The van der Waals surface area contributed by atoms with E-state index in [1.165, 1.54) is 7.11 Å². The molecule has 15 heavy (non-hydrogen) atoms. The summed E-state index contributed by atoms with van der Waals surface area (Å²) in [5.41, 5.74) is -1.45. The molecule has 0 aromatic heterocycles. The molecular formula is C10H21NO4. The first-order valence-corrected chi connectivity index (χ1v) is 4.86. The van der Waals surface area contributed by atoms with E-state index in [-0.39, 0.29) is 19.2 Å². The molecule has 5 heteroatoms. The Kier molecular flexibility index (Phi) is 5.20. The van der Waals surface area contributed by atoms with Crippen molar-refractivity contribution in [2.24, 2.45) is 5.41 Å². The van der Waals surface area contributed by atoms with Crippen LogP contribution in [0.2, 0.25) is 0 Å². The Balaban J connectivity index is 4.30. The number of hydrogen-bond acceptors (Lipinski definition) is 5. The molecular weight excluding hydrogens is 198 g/mol. The molecule has 0 aliphatic rings. The zero-order valence-corrected chi connectivity index (χ0v) is 9.83. The highest BCUT2D eigenvalue weighted by Crippen LogP contribution is 2.17. The number of carbonyl (C=O) groups is 1. The number of aliphatic hydroxyl groups is 2. The molecule has 5 nitrogen and oxygen atoms in total. The fourth-order valence-corrected chi connectivity index (χ4v) is 0.945. The van der Waals surface area contributed by atoms with Crippen LogP contribution >= 0.6 is 0 Å². The summed E-state index contributed by atoms with van der Waals surface area (Å²) in [6.45, 7) is 5.10. The molecule has 0 aliphatic heterocycles. The molecule has 0 amide bonds. The van der Waals surface area contributed by atoms with Crippen LogP contribution in [0.15, 0.2) is 0 Å². The monoisotopic (exact) mass is 219 g/mol. The highest BCUT2D eigenvalue weighted by molar-refractivity contribution is 5.76. The first kappa shape index (κ1) is 14.3. The van der Waals surface area contributed by atoms with Gasteiger partial charge in [0, 0.05) is 6.54 Å². The summed E-state index contributed by atoms with van der Waals surface area (Å²) in [4.78, 5) is 11.3. The molecule has 0 aromatic rings. The van der Waals surface area contributed by atoms with Crippen LogP contribution in [0, 0.1) is 5.41 Å². The quantitative estimate of drug-likeness (QED) is 0.526. The third kappa shape index (κ3) is 4.15. The number of rotatable bonds is 6. The van der Waals surface area contributed by atoms with E-state index in [4.69, 9.17) is 10.2 Å². The Morgan fingerprint density at radius 3 is 2.07 bits per heavy atom. The maximum Gasteiger partial charge on any atom is 0.312 e. The van der Waals surface area contributed by atoms with E-state index in [2.05, 4.69) is 10.1 Å². The highest BCUT2D eigenvalue weighted by Gasteiger charge is 2.32. The number of methoxy groups -OCH3 is 1. The maximum atomic E-state index is 11.3. The van der Waals surface area contributed by atoms with Crippen LogP contribution in [0.3, 0.4) is 0 Å². The van der Waals surface area contributed by atoms with Gasteiger partial charge in [0.25, 0.3) is 0 Å². The van der Waals surface area contributed by atoms with Crippen LogP contribution in [0.1, 0.15) is 20.8 Å². The van der Waals surface area contributed by atoms with E-state index in [0.29, 0.717) is 6.54 Å². The van der Waals surface area contributed by atoms with Gasteiger partial charge in [-0.3, -0.25) is 4.79 Å². The molecule has 0 spiro atoms. The fourth-order valence-electron chi connectivity index (χ4n) is 0.945. The van der Waals surface area contributed by atoms with Gasteiger partial charge in [0.1, 0.15) is 0 Å². The SMILES string of the molecule is COC(=O)C(C)(C)CNC(C)(CO)CO. The van der Waals surface area contributed by atoms with Gasteiger partial charge in [0.2, 0.25) is 0 Å². The molecule has 0 saturated carbocycles. The minimum atomic E-state index is -0.773. The van der Waals surface area contributed by atoms with Gasteiger partial charge in [-0.25, -0.2) is 0 Å². The third-order valence-corrected chi connectivity index (χ3v) is 2.39. The van der Waals surface area contributed by atoms with Crippen molar-refractivity contribution < 1.29 is 19.7 Å². The van der Waals surface area contributed by atoms with E-state index < -0.39 is 11.0 Å². The zero-order valence-electron chi connectivity index (χ0n) is 9.83. The number of ether oxygens (including phenoxy) is 1. The molecule has 0 unspecified atom stereocenters. The second-order valence-electron chi connectivity index (χ2n) is 4.61. The highest BCUT2D eigenvalue weighted by atomic mass is 16.5.